The molecule has 2 heterocycles. The zero-order valence-electron chi connectivity index (χ0n) is 11.7. The van der Waals surface area contributed by atoms with Gasteiger partial charge in [-0.15, -0.1) is 0 Å². The van der Waals surface area contributed by atoms with Crippen LogP contribution in [0.1, 0.15) is 26.2 Å². The summed E-state index contributed by atoms with van der Waals surface area (Å²) >= 11 is 0. The van der Waals surface area contributed by atoms with E-state index in [9.17, 15) is 0 Å². The highest BCUT2D eigenvalue weighted by molar-refractivity contribution is 5.38. The van der Waals surface area contributed by atoms with Gasteiger partial charge in [-0.2, -0.15) is 24.7 Å². The van der Waals surface area contributed by atoms with Crippen LogP contribution in [0.2, 0.25) is 0 Å². The zero-order valence-corrected chi connectivity index (χ0v) is 11.7. The summed E-state index contributed by atoms with van der Waals surface area (Å²) < 4.78 is 1.46. The fourth-order valence-corrected chi connectivity index (χ4v) is 1.70. The molecule has 20 heavy (non-hydrogen) atoms. The van der Waals surface area contributed by atoms with Gasteiger partial charge in [-0.1, -0.05) is 19.8 Å². The molecule has 0 amide bonds. The maximum Gasteiger partial charge on any atom is 0.258 e. The number of nitrogens with zero attached hydrogens (tertiary/aromatic N) is 7. The molecule has 9 heteroatoms. The van der Waals surface area contributed by atoms with Crippen LogP contribution in [0, 0.1) is 0 Å². The van der Waals surface area contributed by atoms with Gasteiger partial charge in [-0.05, 0) is 6.42 Å². The highest BCUT2D eigenvalue weighted by atomic mass is 15.4. The molecule has 9 nitrogen and oxygen atoms in total. The molecule has 0 saturated carbocycles. The van der Waals surface area contributed by atoms with E-state index in [0.717, 1.165) is 13.0 Å². The van der Waals surface area contributed by atoms with E-state index in [-0.39, 0.29) is 0 Å². The molecule has 0 aliphatic carbocycles. The molecule has 2 aromatic rings. The van der Waals surface area contributed by atoms with Crippen molar-refractivity contribution in [2.75, 3.05) is 23.9 Å². The van der Waals surface area contributed by atoms with Gasteiger partial charge in [0.05, 0.1) is 0 Å². The van der Waals surface area contributed by atoms with E-state index < -0.39 is 0 Å². The van der Waals surface area contributed by atoms with Gasteiger partial charge >= 0.3 is 0 Å². The predicted molar refractivity (Wildman–Crippen MR) is 75.3 cm³/mol. The Kier molecular flexibility index (Phi) is 4.77. The lowest BCUT2D eigenvalue weighted by molar-refractivity contribution is 0.690. The number of rotatable bonds is 7. The third kappa shape index (κ3) is 3.38. The van der Waals surface area contributed by atoms with Gasteiger partial charge in [0.2, 0.25) is 11.9 Å². The summed E-state index contributed by atoms with van der Waals surface area (Å²) in [6, 6.07) is 0. The molecule has 2 aromatic heterocycles. The van der Waals surface area contributed by atoms with Crippen molar-refractivity contribution in [1.29, 1.82) is 0 Å². The number of hydrogen-bond donors (Lipinski definition) is 2. The van der Waals surface area contributed by atoms with Crippen LogP contribution in [0.3, 0.4) is 0 Å². The summed E-state index contributed by atoms with van der Waals surface area (Å²) in [5.74, 6) is 6.62. The number of nitrogens with one attached hydrogen (secondary N) is 1. The molecular formula is C11H19N9. The second kappa shape index (κ2) is 6.75. The average molecular weight is 277 g/mol. The van der Waals surface area contributed by atoms with Crippen LogP contribution in [0.5, 0.6) is 0 Å². The lowest BCUT2D eigenvalue weighted by Crippen LogP contribution is -2.24. The third-order valence-electron chi connectivity index (χ3n) is 2.80. The molecule has 0 aromatic carbocycles. The summed E-state index contributed by atoms with van der Waals surface area (Å²) in [5, 5.41) is 4.00. The first-order valence-corrected chi connectivity index (χ1v) is 6.53. The fourth-order valence-electron chi connectivity index (χ4n) is 1.70. The first-order valence-electron chi connectivity index (χ1n) is 6.53. The molecule has 3 N–H and O–H groups in total. The number of hydrogen-bond acceptors (Lipinski definition) is 8. The zero-order chi connectivity index (χ0) is 14.4. The number of aromatic nitrogens is 6. The summed E-state index contributed by atoms with van der Waals surface area (Å²) in [4.78, 5) is 18.6. The van der Waals surface area contributed by atoms with Crippen molar-refractivity contribution in [3.8, 4) is 5.95 Å². The highest BCUT2D eigenvalue weighted by Gasteiger charge is 2.11. The minimum atomic E-state index is 0.294. The molecule has 0 aliphatic rings. The second-order valence-electron chi connectivity index (χ2n) is 4.37. The Labute approximate surface area is 117 Å². The topological polar surface area (TPSA) is 111 Å². The van der Waals surface area contributed by atoms with E-state index >= 15 is 0 Å². The van der Waals surface area contributed by atoms with Gasteiger partial charge in [-0.3, -0.25) is 5.43 Å². The van der Waals surface area contributed by atoms with Crippen LogP contribution < -0.4 is 16.2 Å². The largest absolute Gasteiger partial charge is 0.344 e. The van der Waals surface area contributed by atoms with E-state index in [1.807, 2.05) is 11.9 Å². The van der Waals surface area contributed by atoms with Gasteiger partial charge in [0.1, 0.15) is 12.7 Å². The minimum absolute atomic E-state index is 0.294. The van der Waals surface area contributed by atoms with E-state index in [1.165, 1.54) is 30.2 Å². The number of nitrogen functional groups attached to an aromatic ring is 1. The normalized spacial score (nSPS) is 10.6. The van der Waals surface area contributed by atoms with E-state index in [0.29, 0.717) is 17.8 Å². The summed E-state index contributed by atoms with van der Waals surface area (Å²) in [7, 11) is 1.94. The van der Waals surface area contributed by atoms with Crippen LogP contribution in [0.25, 0.3) is 5.95 Å². The minimum Gasteiger partial charge on any atom is -0.344 e. The standard InChI is InChI=1S/C11H19N9/c1-3-4-5-6-19(2)10-15-9(18-12)16-11(17-10)20-8-13-7-14-20/h7-8H,3-6,12H2,1-2H3,(H,15,16,17,18). The van der Waals surface area contributed by atoms with Crippen molar-refractivity contribution in [1.82, 2.24) is 29.7 Å². The maximum absolute atomic E-state index is 5.40. The SMILES string of the molecule is CCCCCN(C)c1nc(NN)nc(-n2cncn2)n1. The Bertz CT molecular complexity index is 525. The quantitative estimate of drug-likeness (QED) is 0.424. The summed E-state index contributed by atoms with van der Waals surface area (Å²) in [6.45, 7) is 3.04. The van der Waals surface area contributed by atoms with Crippen LogP contribution in [0.15, 0.2) is 12.7 Å². The first-order chi connectivity index (χ1) is 9.74. The van der Waals surface area contributed by atoms with Gasteiger partial charge < -0.3 is 4.90 Å². The monoisotopic (exact) mass is 277 g/mol. The Morgan fingerprint density at radius 3 is 2.80 bits per heavy atom. The van der Waals surface area contributed by atoms with Gasteiger partial charge in [0.25, 0.3) is 5.95 Å². The molecule has 0 saturated heterocycles. The van der Waals surface area contributed by atoms with Crippen LogP contribution in [-0.4, -0.2) is 43.3 Å². The van der Waals surface area contributed by atoms with Crippen molar-refractivity contribution in [2.45, 2.75) is 26.2 Å². The maximum atomic E-state index is 5.40. The van der Waals surface area contributed by atoms with Gasteiger partial charge in [-0.25, -0.2) is 10.8 Å². The molecule has 0 bridgehead atoms. The molecule has 2 rings (SSSR count). The van der Waals surface area contributed by atoms with Crippen molar-refractivity contribution in [3.05, 3.63) is 12.7 Å². The lowest BCUT2D eigenvalue weighted by Gasteiger charge is -2.17. The molecule has 0 fully saturated rings. The van der Waals surface area contributed by atoms with Crippen LogP contribution in [-0.2, 0) is 0 Å². The molecule has 108 valence electrons. The molecule has 0 aliphatic heterocycles. The van der Waals surface area contributed by atoms with E-state index in [2.05, 4.69) is 37.4 Å². The number of anilines is 2. The highest BCUT2D eigenvalue weighted by Crippen LogP contribution is 2.11. The fraction of sp³-hybridized carbons (Fsp3) is 0.545. The molecule has 0 spiro atoms. The average Bonchev–Trinajstić information content (AvgIpc) is 3.01. The third-order valence-corrected chi connectivity index (χ3v) is 2.80. The Hall–Kier alpha value is -2.29. The number of hydrazine groups is 1. The van der Waals surface area contributed by atoms with Gasteiger partial charge in [0.15, 0.2) is 0 Å². The molecule has 0 atom stereocenters. The van der Waals surface area contributed by atoms with E-state index in [4.69, 9.17) is 5.84 Å². The number of nitrogens with two attached hydrogens (primary N) is 1. The molecule has 0 unspecified atom stereocenters. The van der Waals surface area contributed by atoms with Crippen molar-refractivity contribution < 1.29 is 0 Å². The summed E-state index contributed by atoms with van der Waals surface area (Å²) in [5.41, 5.74) is 2.44. The summed E-state index contributed by atoms with van der Waals surface area (Å²) in [6.07, 6.45) is 6.38. The van der Waals surface area contributed by atoms with E-state index in [1.54, 1.807) is 0 Å². The second-order valence-corrected chi connectivity index (χ2v) is 4.37. The Morgan fingerprint density at radius 2 is 2.15 bits per heavy atom. The molecule has 0 radical (unpaired) electrons. The number of unbranched alkanes of at least 4 members (excludes halogenated alkanes) is 2. The van der Waals surface area contributed by atoms with Crippen molar-refractivity contribution >= 4 is 11.9 Å². The smallest absolute Gasteiger partial charge is 0.258 e. The Morgan fingerprint density at radius 1 is 1.30 bits per heavy atom. The lowest BCUT2D eigenvalue weighted by atomic mass is 10.2. The Balaban J connectivity index is 2.22. The molecular weight excluding hydrogens is 258 g/mol. The predicted octanol–water partition coefficient (Wildman–Crippen LogP) is 0.364. The first kappa shape index (κ1) is 14.1. The van der Waals surface area contributed by atoms with Crippen LogP contribution in [0.4, 0.5) is 11.9 Å². The van der Waals surface area contributed by atoms with Crippen molar-refractivity contribution in [3.63, 3.8) is 0 Å². The van der Waals surface area contributed by atoms with Crippen molar-refractivity contribution in [2.24, 2.45) is 5.84 Å². The van der Waals surface area contributed by atoms with Gasteiger partial charge in [0, 0.05) is 13.6 Å². The van der Waals surface area contributed by atoms with Crippen LogP contribution >= 0.6 is 0 Å².